The first-order valence-electron chi connectivity index (χ1n) is 19.6. The van der Waals surface area contributed by atoms with E-state index in [2.05, 4.69) is 30.1 Å². The zero-order chi connectivity index (χ0) is 43.8. The number of pyridine rings is 3. The number of aliphatic hydroxyl groups is 3. The molecule has 6 N–H and O–H groups in total. The number of piperidine rings is 3. The SMILES string of the molecule is CN(C)CC1(O)CCN(c2ccc(N)nc2)CC1.CN(C)CC1(O)CCN(c2ccc([N+](=O)[O-])nc2)CC1.CN(C)CC1(O)CCNCC1.O=[N+]([O-])c1ccc(F)cn1. The fourth-order valence-corrected chi connectivity index (χ4v) is 7.23. The largest absolute Gasteiger partial charge is 0.388 e. The molecule has 0 aromatic carbocycles. The number of nitrogens with two attached hydrogens (primary N) is 1. The van der Waals surface area contributed by atoms with Crippen molar-refractivity contribution in [3.8, 4) is 0 Å². The zero-order valence-corrected chi connectivity index (χ0v) is 35.2. The van der Waals surface area contributed by atoms with Crippen LogP contribution in [0.15, 0.2) is 55.0 Å². The van der Waals surface area contributed by atoms with Gasteiger partial charge in [-0.05, 0) is 138 Å². The molecular weight excluding hydrogens is 768 g/mol. The van der Waals surface area contributed by atoms with Crippen LogP contribution in [0.2, 0.25) is 0 Å². The molecule has 3 aromatic heterocycles. The lowest BCUT2D eigenvalue weighted by atomic mass is 9.91. The molecule has 20 heteroatoms. The van der Waals surface area contributed by atoms with Crippen molar-refractivity contribution in [1.29, 1.82) is 0 Å². The van der Waals surface area contributed by atoms with E-state index in [-0.39, 0.29) is 11.6 Å². The van der Waals surface area contributed by atoms with Gasteiger partial charge in [-0.2, -0.15) is 0 Å². The summed E-state index contributed by atoms with van der Waals surface area (Å²) in [5.74, 6) is -0.526. The van der Waals surface area contributed by atoms with Gasteiger partial charge in [0.1, 0.15) is 5.82 Å². The summed E-state index contributed by atoms with van der Waals surface area (Å²) in [4.78, 5) is 40.9. The molecule has 3 aliphatic heterocycles. The first-order valence-corrected chi connectivity index (χ1v) is 19.6. The van der Waals surface area contributed by atoms with Crippen LogP contribution in [0.3, 0.4) is 0 Å². The number of nitro groups is 2. The monoisotopic (exact) mass is 830 g/mol. The number of hydrogen-bond donors (Lipinski definition) is 5. The van der Waals surface area contributed by atoms with Gasteiger partial charge in [-0.3, -0.25) is 0 Å². The van der Waals surface area contributed by atoms with E-state index in [1.54, 1.807) is 12.3 Å². The third-order valence-corrected chi connectivity index (χ3v) is 10.1. The summed E-state index contributed by atoms with van der Waals surface area (Å²) >= 11 is 0. The lowest BCUT2D eigenvalue weighted by molar-refractivity contribution is -0.389. The predicted molar refractivity (Wildman–Crippen MR) is 226 cm³/mol. The van der Waals surface area contributed by atoms with E-state index in [0.717, 1.165) is 108 Å². The van der Waals surface area contributed by atoms with E-state index in [0.29, 0.717) is 25.2 Å². The van der Waals surface area contributed by atoms with Gasteiger partial charge in [-0.1, -0.05) is 0 Å². The molecule has 3 saturated heterocycles. The van der Waals surface area contributed by atoms with Gasteiger partial charge in [0.2, 0.25) is 0 Å². The fraction of sp³-hybridized carbons (Fsp3) is 0.615. The average Bonchev–Trinajstić information content (AvgIpc) is 3.16. The van der Waals surface area contributed by atoms with Crippen molar-refractivity contribution < 1.29 is 29.6 Å². The molecular formula is C39H63FN12O7. The zero-order valence-electron chi connectivity index (χ0n) is 35.2. The topological polar surface area (TPSA) is 240 Å². The first kappa shape index (κ1) is 48.7. The highest BCUT2D eigenvalue weighted by Crippen LogP contribution is 2.28. The second-order valence-electron chi connectivity index (χ2n) is 16.3. The summed E-state index contributed by atoms with van der Waals surface area (Å²) < 4.78 is 12.1. The van der Waals surface area contributed by atoms with Crippen molar-refractivity contribution >= 4 is 28.8 Å². The van der Waals surface area contributed by atoms with Crippen LogP contribution in [-0.2, 0) is 0 Å². The molecule has 0 bridgehead atoms. The van der Waals surface area contributed by atoms with Gasteiger partial charge < -0.3 is 71.1 Å². The standard InChI is InChI=1S/C13H20N4O3.C13H22N4O.C8H18N2O.C5H3FN2O2/c1-15(2)10-13(18)5-7-16(8-6-13)11-3-4-12(14-9-11)17(19)20;1-16(2)10-13(18)5-7-17(8-6-13)11-3-4-12(14)15-9-11;1-10(2)7-8(11)3-5-9-6-4-8;6-4-1-2-5(7-3-4)8(9)10/h3-4,9,18H,5-8,10H2,1-2H3;3-4,9,18H,5-8,10H2,1-2H3,(H2,14,15);9,11H,3-7H2,1-2H3;1-3H. The summed E-state index contributed by atoms with van der Waals surface area (Å²) in [7, 11) is 11.9. The second-order valence-corrected chi connectivity index (χ2v) is 16.3. The normalized spacial score (nSPS) is 18.1. The molecule has 6 rings (SSSR count). The van der Waals surface area contributed by atoms with Gasteiger partial charge in [0, 0.05) is 57.9 Å². The van der Waals surface area contributed by atoms with Crippen molar-refractivity contribution in [3.05, 3.63) is 81.0 Å². The number of nitrogen functional groups attached to an aromatic ring is 1. The van der Waals surface area contributed by atoms with Crippen molar-refractivity contribution in [2.75, 3.05) is 117 Å². The Labute approximate surface area is 346 Å². The molecule has 3 aliphatic rings. The number of nitrogens with one attached hydrogen (secondary N) is 1. The highest BCUT2D eigenvalue weighted by molar-refractivity contribution is 5.49. The Morgan fingerprint density at radius 3 is 1.34 bits per heavy atom. The Kier molecular flexibility index (Phi) is 18.7. The molecule has 0 atom stereocenters. The Bertz CT molecular complexity index is 1700. The minimum atomic E-state index is -0.681. The third kappa shape index (κ3) is 17.2. The predicted octanol–water partition coefficient (Wildman–Crippen LogP) is 2.23. The number of rotatable bonds is 10. The van der Waals surface area contributed by atoms with Gasteiger partial charge in [0.05, 0.1) is 34.4 Å². The van der Waals surface area contributed by atoms with E-state index in [1.807, 2.05) is 69.1 Å². The third-order valence-electron chi connectivity index (χ3n) is 10.1. The van der Waals surface area contributed by atoms with E-state index >= 15 is 0 Å². The molecule has 328 valence electrons. The molecule has 3 aromatic rings. The lowest BCUT2D eigenvalue weighted by Gasteiger charge is -2.40. The Hall–Kier alpha value is -4.70. The number of nitrogens with zero attached hydrogens (tertiary/aromatic N) is 10. The van der Waals surface area contributed by atoms with Crippen molar-refractivity contribution in [2.24, 2.45) is 0 Å². The average molecular weight is 831 g/mol. The molecule has 59 heavy (non-hydrogen) atoms. The molecule has 0 aliphatic carbocycles. The molecule has 0 radical (unpaired) electrons. The molecule has 0 saturated carbocycles. The van der Waals surface area contributed by atoms with Gasteiger partial charge in [0.15, 0.2) is 18.2 Å². The maximum atomic E-state index is 12.1. The van der Waals surface area contributed by atoms with Crippen LogP contribution in [0.5, 0.6) is 0 Å². The molecule has 3 fully saturated rings. The van der Waals surface area contributed by atoms with Crippen molar-refractivity contribution in [1.82, 2.24) is 35.0 Å². The Balaban J connectivity index is 0.000000219. The number of hydrogen-bond acceptors (Lipinski definition) is 17. The summed E-state index contributed by atoms with van der Waals surface area (Å²) in [5.41, 5.74) is 5.89. The van der Waals surface area contributed by atoms with Crippen molar-refractivity contribution in [3.63, 3.8) is 0 Å². The molecule has 0 spiro atoms. The van der Waals surface area contributed by atoms with Gasteiger partial charge in [-0.25, -0.2) is 9.37 Å². The highest BCUT2D eigenvalue weighted by atomic mass is 19.1. The minimum absolute atomic E-state index is 0.144. The molecule has 19 nitrogen and oxygen atoms in total. The van der Waals surface area contributed by atoms with Crippen LogP contribution in [-0.4, -0.2) is 173 Å². The van der Waals surface area contributed by atoms with Crippen molar-refractivity contribution in [2.45, 2.75) is 55.3 Å². The Morgan fingerprint density at radius 2 is 1.02 bits per heavy atom. The number of anilines is 3. The second kappa shape index (κ2) is 22.6. The molecule has 0 unspecified atom stereocenters. The Morgan fingerprint density at radius 1 is 0.644 bits per heavy atom. The lowest BCUT2D eigenvalue weighted by Crippen LogP contribution is -2.49. The van der Waals surface area contributed by atoms with Crippen LogP contribution in [0, 0.1) is 26.0 Å². The molecule has 0 amide bonds. The quantitative estimate of drug-likeness (QED) is 0.145. The number of aromatic nitrogens is 3. The van der Waals surface area contributed by atoms with E-state index in [4.69, 9.17) is 5.73 Å². The van der Waals surface area contributed by atoms with Crippen LogP contribution >= 0.6 is 0 Å². The van der Waals surface area contributed by atoms with E-state index in [9.17, 15) is 39.9 Å². The van der Waals surface area contributed by atoms with E-state index in [1.165, 1.54) is 12.3 Å². The summed E-state index contributed by atoms with van der Waals surface area (Å²) in [5, 5.41) is 54.6. The van der Waals surface area contributed by atoms with E-state index < -0.39 is 32.5 Å². The van der Waals surface area contributed by atoms with Crippen LogP contribution in [0.1, 0.15) is 38.5 Å². The van der Waals surface area contributed by atoms with Crippen LogP contribution < -0.4 is 20.9 Å². The highest BCUT2D eigenvalue weighted by Gasteiger charge is 2.34. The summed E-state index contributed by atoms with van der Waals surface area (Å²) in [6.45, 7) is 7.23. The maximum Gasteiger partial charge on any atom is 0.363 e. The summed E-state index contributed by atoms with van der Waals surface area (Å²) in [6.07, 6.45) is 8.82. The summed E-state index contributed by atoms with van der Waals surface area (Å²) in [6, 6.07) is 8.92. The maximum absolute atomic E-state index is 12.1. The minimum Gasteiger partial charge on any atom is -0.388 e. The van der Waals surface area contributed by atoms with Crippen LogP contribution in [0.4, 0.5) is 33.2 Å². The fourth-order valence-electron chi connectivity index (χ4n) is 7.23. The molecule has 6 heterocycles. The van der Waals surface area contributed by atoms with Crippen LogP contribution in [0.25, 0.3) is 0 Å². The smallest absolute Gasteiger partial charge is 0.363 e. The van der Waals surface area contributed by atoms with Gasteiger partial charge in [0.25, 0.3) is 0 Å². The van der Waals surface area contributed by atoms with Gasteiger partial charge in [-0.15, -0.1) is 0 Å². The first-order chi connectivity index (χ1) is 27.7. The number of likely N-dealkylation sites (N-methyl/N-ethyl adjacent to an activating group) is 3. The number of halogens is 1. The van der Waals surface area contributed by atoms with Gasteiger partial charge >= 0.3 is 11.6 Å².